The third kappa shape index (κ3) is 1.57. The zero-order valence-electron chi connectivity index (χ0n) is 7.45. The van der Waals surface area contributed by atoms with E-state index in [0.717, 1.165) is 0 Å². The third-order valence-electron chi connectivity index (χ3n) is 2.14. The molecule has 1 atom stereocenters. The Morgan fingerprint density at radius 2 is 2.00 bits per heavy atom. The van der Waals surface area contributed by atoms with Gasteiger partial charge in [-0.1, -0.05) is 20.8 Å². The summed E-state index contributed by atoms with van der Waals surface area (Å²) in [7, 11) is 0. The van der Waals surface area contributed by atoms with Crippen LogP contribution in [-0.4, -0.2) is 17.9 Å². The second-order valence-electron chi connectivity index (χ2n) is 4.30. The standard InChI is InChI=1S/C8H13F2NO/c1-7(2,3)5-4-8(9,10)6(12)11-5/h5H,4H2,1-3H3,(H,11,12). The third-order valence-corrected chi connectivity index (χ3v) is 2.14. The van der Waals surface area contributed by atoms with Crippen molar-refractivity contribution in [3.63, 3.8) is 0 Å². The smallest absolute Gasteiger partial charge is 0.326 e. The number of alkyl halides is 2. The number of carbonyl (C=O) groups is 1. The Kier molecular flexibility index (Phi) is 1.89. The predicted octanol–water partition coefficient (Wildman–Crippen LogP) is 1.56. The molecule has 0 radical (unpaired) electrons. The Morgan fingerprint density at radius 1 is 1.50 bits per heavy atom. The number of hydrogen-bond donors (Lipinski definition) is 1. The summed E-state index contributed by atoms with van der Waals surface area (Å²) in [4.78, 5) is 10.7. The van der Waals surface area contributed by atoms with E-state index in [1.807, 2.05) is 20.8 Å². The van der Waals surface area contributed by atoms with Crippen LogP contribution in [0.5, 0.6) is 0 Å². The summed E-state index contributed by atoms with van der Waals surface area (Å²) in [5, 5.41) is 2.30. The van der Waals surface area contributed by atoms with Gasteiger partial charge in [0.2, 0.25) is 0 Å². The highest BCUT2D eigenvalue weighted by Crippen LogP contribution is 2.34. The van der Waals surface area contributed by atoms with Crippen LogP contribution in [0.15, 0.2) is 0 Å². The van der Waals surface area contributed by atoms with Crippen molar-refractivity contribution in [2.45, 2.75) is 39.2 Å². The summed E-state index contributed by atoms with van der Waals surface area (Å²) >= 11 is 0. The van der Waals surface area contributed by atoms with Gasteiger partial charge in [-0.3, -0.25) is 4.79 Å². The molecule has 1 aliphatic heterocycles. The zero-order valence-corrected chi connectivity index (χ0v) is 7.45. The number of amides is 1. The highest BCUT2D eigenvalue weighted by molar-refractivity contribution is 5.86. The van der Waals surface area contributed by atoms with Crippen LogP contribution in [0.1, 0.15) is 27.2 Å². The molecule has 70 valence electrons. The lowest BCUT2D eigenvalue weighted by atomic mass is 9.85. The van der Waals surface area contributed by atoms with E-state index in [1.54, 1.807) is 0 Å². The van der Waals surface area contributed by atoms with E-state index in [-0.39, 0.29) is 11.8 Å². The predicted molar refractivity (Wildman–Crippen MR) is 40.9 cm³/mol. The van der Waals surface area contributed by atoms with Crippen LogP contribution in [0.4, 0.5) is 8.78 Å². The number of nitrogens with one attached hydrogen (secondary N) is 1. The molecule has 1 heterocycles. The molecular formula is C8H13F2NO. The van der Waals surface area contributed by atoms with E-state index in [9.17, 15) is 13.6 Å². The van der Waals surface area contributed by atoms with Crippen molar-refractivity contribution in [1.82, 2.24) is 5.32 Å². The normalized spacial score (nSPS) is 28.8. The molecule has 1 fully saturated rings. The first-order valence-electron chi connectivity index (χ1n) is 3.92. The van der Waals surface area contributed by atoms with Crippen LogP contribution in [0.2, 0.25) is 0 Å². The molecule has 0 aromatic heterocycles. The molecule has 1 amide bonds. The van der Waals surface area contributed by atoms with E-state index >= 15 is 0 Å². The molecule has 1 N–H and O–H groups in total. The summed E-state index contributed by atoms with van der Waals surface area (Å²) in [6, 6.07) is -0.417. The minimum atomic E-state index is -3.17. The lowest BCUT2D eigenvalue weighted by Crippen LogP contribution is -2.37. The number of carbonyl (C=O) groups excluding carboxylic acids is 1. The Morgan fingerprint density at radius 3 is 2.17 bits per heavy atom. The summed E-state index contributed by atoms with van der Waals surface area (Å²) in [6.07, 6.45) is -0.380. The van der Waals surface area contributed by atoms with Crippen LogP contribution in [-0.2, 0) is 4.79 Å². The second kappa shape index (κ2) is 2.41. The molecule has 4 heteroatoms. The fraction of sp³-hybridized carbons (Fsp3) is 0.875. The maximum absolute atomic E-state index is 12.7. The Hall–Kier alpha value is -0.670. The quantitative estimate of drug-likeness (QED) is 0.597. The van der Waals surface area contributed by atoms with Crippen molar-refractivity contribution in [2.75, 3.05) is 0 Å². The fourth-order valence-electron chi connectivity index (χ4n) is 1.19. The van der Waals surface area contributed by atoms with Crippen LogP contribution in [0.3, 0.4) is 0 Å². The van der Waals surface area contributed by atoms with Gasteiger partial charge in [0, 0.05) is 12.5 Å². The van der Waals surface area contributed by atoms with Gasteiger partial charge >= 0.3 is 5.92 Å². The van der Waals surface area contributed by atoms with E-state index in [1.165, 1.54) is 0 Å². The van der Waals surface area contributed by atoms with Crippen LogP contribution in [0, 0.1) is 5.41 Å². The van der Waals surface area contributed by atoms with Crippen molar-refractivity contribution in [3.05, 3.63) is 0 Å². The topological polar surface area (TPSA) is 29.1 Å². The van der Waals surface area contributed by atoms with Gasteiger partial charge in [0.15, 0.2) is 0 Å². The molecule has 1 saturated heterocycles. The number of rotatable bonds is 0. The molecule has 2 nitrogen and oxygen atoms in total. The van der Waals surface area contributed by atoms with Crippen LogP contribution in [0.25, 0.3) is 0 Å². The van der Waals surface area contributed by atoms with Gasteiger partial charge in [-0.25, -0.2) is 0 Å². The van der Waals surface area contributed by atoms with Gasteiger partial charge in [-0.05, 0) is 5.41 Å². The molecule has 0 aliphatic carbocycles. The van der Waals surface area contributed by atoms with Gasteiger partial charge in [0.25, 0.3) is 5.91 Å². The van der Waals surface area contributed by atoms with Gasteiger partial charge < -0.3 is 5.32 Å². The Labute approximate surface area is 70.3 Å². The van der Waals surface area contributed by atoms with Gasteiger partial charge in [-0.2, -0.15) is 8.78 Å². The summed E-state index contributed by atoms with van der Waals surface area (Å²) in [6.45, 7) is 5.50. The first kappa shape index (κ1) is 9.42. The highest BCUT2D eigenvalue weighted by Gasteiger charge is 2.51. The average Bonchev–Trinajstić information content (AvgIpc) is 2.06. The summed E-state index contributed by atoms with van der Waals surface area (Å²) < 4.78 is 25.4. The fourth-order valence-corrected chi connectivity index (χ4v) is 1.19. The number of hydrogen-bond acceptors (Lipinski definition) is 1. The van der Waals surface area contributed by atoms with Gasteiger partial charge in [0.1, 0.15) is 0 Å². The van der Waals surface area contributed by atoms with E-state index < -0.39 is 17.9 Å². The SMILES string of the molecule is CC(C)(C)C1CC(F)(F)C(=O)N1. The minimum absolute atomic E-state index is 0.296. The van der Waals surface area contributed by atoms with E-state index in [2.05, 4.69) is 5.32 Å². The maximum atomic E-state index is 12.7. The summed E-state index contributed by atoms with van der Waals surface area (Å²) in [5.41, 5.74) is -0.296. The van der Waals surface area contributed by atoms with Crippen molar-refractivity contribution in [3.8, 4) is 0 Å². The van der Waals surface area contributed by atoms with E-state index in [4.69, 9.17) is 0 Å². The molecule has 0 aromatic rings. The maximum Gasteiger partial charge on any atom is 0.326 e. The monoisotopic (exact) mass is 177 g/mol. The zero-order chi connectivity index (χ0) is 9.57. The summed E-state index contributed by atoms with van der Waals surface area (Å²) in [5.74, 6) is -4.31. The molecule has 1 aliphatic rings. The molecule has 0 spiro atoms. The van der Waals surface area contributed by atoms with Crippen LogP contribution >= 0.6 is 0 Å². The molecule has 1 rings (SSSR count). The molecular weight excluding hydrogens is 164 g/mol. The van der Waals surface area contributed by atoms with E-state index in [0.29, 0.717) is 0 Å². The lowest BCUT2D eigenvalue weighted by molar-refractivity contribution is -0.139. The molecule has 0 bridgehead atoms. The van der Waals surface area contributed by atoms with Crippen LogP contribution < -0.4 is 5.32 Å². The Bertz CT molecular complexity index is 208. The van der Waals surface area contributed by atoms with Crippen molar-refractivity contribution in [1.29, 1.82) is 0 Å². The van der Waals surface area contributed by atoms with Gasteiger partial charge in [-0.15, -0.1) is 0 Å². The molecule has 0 aromatic carbocycles. The van der Waals surface area contributed by atoms with Crippen molar-refractivity contribution >= 4 is 5.91 Å². The minimum Gasteiger partial charge on any atom is -0.347 e. The van der Waals surface area contributed by atoms with Gasteiger partial charge in [0.05, 0.1) is 0 Å². The van der Waals surface area contributed by atoms with Crippen molar-refractivity contribution in [2.24, 2.45) is 5.41 Å². The molecule has 12 heavy (non-hydrogen) atoms. The largest absolute Gasteiger partial charge is 0.347 e. The Balaban J connectivity index is 2.74. The number of halogens is 2. The van der Waals surface area contributed by atoms with Crippen molar-refractivity contribution < 1.29 is 13.6 Å². The lowest BCUT2D eigenvalue weighted by Gasteiger charge is -2.25. The highest BCUT2D eigenvalue weighted by atomic mass is 19.3. The molecule has 0 saturated carbocycles. The first-order valence-corrected chi connectivity index (χ1v) is 3.92. The second-order valence-corrected chi connectivity index (χ2v) is 4.30. The average molecular weight is 177 g/mol. The first-order chi connectivity index (χ1) is 5.23. The molecule has 1 unspecified atom stereocenters.